The first kappa shape index (κ1) is 22.5. The summed E-state index contributed by atoms with van der Waals surface area (Å²) in [7, 11) is 3.17. The van der Waals surface area contributed by atoms with Crippen molar-refractivity contribution in [3.8, 4) is 5.75 Å². The Balaban J connectivity index is 1.47. The van der Waals surface area contributed by atoms with Gasteiger partial charge in [0.1, 0.15) is 11.9 Å². The highest BCUT2D eigenvalue weighted by Gasteiger charge is 2.20. The van der Waals surface area contributed by atoms with Crippen LogP contribution < -0.4 is 10.1 Å². The van der Waals surface area contributed by atoms with E-state index in [1.54, 1.807) is 32.4 Å². The minimum absolute atomic E-state index is 0.0696. The predicted molar refractivity (Wildman–Crippen MR) is 113 cm³/mol. The number of ether oxygens (including phenoxy) is 2. The number of hydrogen-bond donors (Lipinski definition) is 1. The highest BCUT2D eigenvalue weighted by Crippen LogP contribution is 2.27. The number of nitrogens with one attached hydrogen (secondary N) is 1. The van der Waals surface area contributed by atoms with E-state index in [1.165, 1.54) is 0 Å². The molecule has 10 heteroatoms. The van der Waals surface area contributed by atoms with E-state index in [9.17, 15) is 4.79 Å². The Morgan fingerprint density at radius 2 is 2.03 bits per heavy atom. The summed E-state index contributed by atoms with van der Waals surface area (Å²) in [6.45, 7) is 6.16. The highest BCUT2D eigenvalue weighted by atomic mass is 35.5. The number of halogens is 1. The van der Waals surface area contributed by atoms with Gasteiger partial charge >= 0.3 is 0 Å². The molecule has 1 N–H and O–H groups in total. The molecule has 1 saturated heterocycles. The number of amides is 1. The molecule has 0 saturated carbocycles. The molecule has 30 heavy (non-hydrogen) atoms. The lowest BCUT2D eigenvalue weighted by molar-refractivity contribution is -0.117. The molecule has 1 aliphatic rings. The van der Waals surface area contributed by atoms with Crippen LogP contribution in [0.4, 0.5) is 5.69 Å². The molecule has 1 amide bonds. The first-order chi connectivity index (χ1) is 14.5. The quantitative estimate of drug-likeness (QED) is 0.673. The third-order valence-electron chi connectivity index (χ3n) is 5.04. The topological polar surface area (TPSA) is 93.0 Å². The van der Waals surface area contributed by atoms with Crippen LogP contribution in [0.5, 0.6) is 5.75 Å². The Kier molecular flexibility index (Phi) is 8.03. The van der Waals surface area contributed by atoms with Crippen LogP contribution in [-0.4, -0.2) is 72.8 Å². The minimum atomic E-state index is -0.193. The largest absolute Gasteiger partial charge is 0.495 e. The molecule has 1 aromatic carbocycles. The van der Waals surface area contributed by atoms with Crippen LogP contribution in [0.1, 0.15) is 31.2 Å². The molecule has 3 rings (SSSR count). The number of nitrogens with zero attached hydrogens (tertiary/aromatic N) is 4. The van der Waals surface area contributed by atoms with Crippen molar-refractivity contribution in [2.24, 2.45) is 0 Å². The SMILES string of the molecule is COc1ccc(NC(=O)CN2CCCN(Cc3nc([C@@H](C)OC)no3)CC2)cc1Cl. The molecule has 0 unspecified atom stereocenters. The Morgan fingerprint density at radius 3 is 2.77 bits per heavy atom. The van der Waals surface area contributed by atoms with Gasteiger partial charge in [0.15, 0.2) is 5.82 Å². The van der Waals surface area contributed by atoms with Gasteiger partial charge in [-0.25, -0.2) is 0 Å². The van der Waals surface area contributed by atoms with Crippen molar-refractivity contribution in [3.05, 3.63) is 34.9 Å². The van der Waals surface area contributed by atoms with E-state index in [2.05, 4.69) is 25.3 Å². The molecule has 2 aromatic rings. The second-order valence-corrected chi connectivity index (χ2v) is 7.63. The molecule has 0 radical (unpaired) electrons. The van der Waals surface area contributed by atoms with Crippen LogP contribution in [0.15, 0.2) is 22.7 Å². The summed E-state index contributed by atoms with van der Waals surface area (Å²) >= 11 is 6.12. The molecule has 2 heterocycles. The van der Waals surface area contributed by atoms with E-state index < -0.39 is 0 Å². The van der Waals surface area contributed by atoms with Gasteiger partial charge in [-0.1, -0.05) is 16.8 Å². The Bertz CT molecular complexity index is 846. The van der Waals surface area contributed by atoms with Crippen molar-refractivity contribution in [2.45, 2.75) is 26.0 Å². The van der Waals surface area contributed by atoms with Gasteiger partial charge in [-0.05, 0) is 44.6 Å². The van der Waals surface area contributed by atoms with E-state index in [0.29, 0.717) is 41.3 Å². The first-order valence-electron chi connectivity index (χ1n) is 9.92. The van der Waals surface area contributed by atoms with E-state index >= 15 is 0 Å². The summed E-state index contributed by atoms with van der Waals surface area (Å²) < 4.78 is 15.7. The van der Waals surface area contributed by atoms with Crippen molar-refractivity contribution < 1.29 is 18.8 Å². The Morgan fingerprint density at radius 1 is 1.27 bits per heavy atom. The zero-order chi connectivity index (χ0) is 21.5. The van der Waals surface area contributed by atoms with Crippen LogP contribution in [0, 0.1) is 0 Å². The van der Waals surface area contributed by atoms with Gasteiger partial charge in [0.25, 0.3) is 0 Å². The molecule has 1 aromatic heterocycles. The van der Waals surface area contributed by atoms with E-state index in [0.717, 1.165) is 32.6 Å². The summed E-state index contributed by atoms with van der Waals surface area (Å²) in [5, 5.41) is 7.32. The van der Waals surface area contributed by atoms with Crippen LogP contribution in [0.2, 0.25) is 5.02 Å². The van der Waals surface area contributed by atoms with Crippen molar-refractivity contribution in [3.63, 3.8) is 0 Å². The van der Waals surface area contributed by atoms with Crippen LogP contribution in [0.25, 0.3) is 0 Å². The third kappa shape index (κ3) is 6.15. The number of benzene rings is 1. The predicted octanol–water partition coefficient (Wildman–Crippen LogP) is 2.59. The van der Waals surface area contributed by atoms with Crippen molar-refractivity contribution in [1.29, 1.82) is 0 Å². The summed E-state index contributed by atoms with van der Waals surface area (Å²) in [5.74, 6) is 1.64. The highest BCUT2D eigenvalue weighted by molar-refractivity contribution is 6.32. The van der Waals surface area contributed by atoms with Crippen molar-refractivity contribution in [2.75, 3.05) is 52.3 Å². The number of carbonyl (C=O) groups is 1. The van der Waals surface area contributed by atoms with Gasteiger partial charge in [0.2, 0.25) is 11.8 Å². The fourth-order valence-corrected chi connectivity index (χ4v) is 3.54. The monoisotopic (exact) mass is 437 g/mol. The summed E-state index contributed by atoms with van der Waals surface area (Å²) in [6, 6.07) is 5.19. The zero-order valence-electron chi connectivity index (χ0n) is 17.6. The summed E-state index contributed by atoms with van der Waals surface area (Å²) in [5.41, 5.74) is 0.653. The number of rotatable bonds is 8. The van der Waals surface area contributed by atoms with Crippen LogP contribution in [0.3, 0.4) is 0 Å². The fourth-order valence-electron chi connectivity index (χ4n) is 3.28. The maximum absolute atomic E-state index is 12.4. The standard InChI is InChI=1S/C20H28ClN5O4/c1-14(28-2)20-23-19(30-24-20)13-26-8-4-7-25(9-10-26)12-18(27)22-15-5-6-17(29-3)16(21)11-15/h5-6,11,14H,4,7-10,12-13H2,1-3H3,(H,22,27)/t14-/m1/s1. The average Bonchev–Trinajstić information content (AvgIpc) is 3.08. The lowest BCUT2D eigenvalue weighted by atomic mass is 10.3. The van der Waals surface area contributed by atoms with Crippen molar-refractivity contribution in [1.82, 2.24) is 19.9 Å². The first-order valence-corrected chi connectivity index (χ1v) is 10.3. The third-order valence-corrected chi connectivity index (χ3v) is 5.34. The second-order valence-electron chi connectivity index (χ2n) is 7.23. The number of anilines is 1. The Hall–Kier alpha value is -2.20. The Labute approximate surface area is 181 Å². The van der Waals surface area contributed by atoms with Gasteiger partial charge in [-0.3, -0.25) is 14.6 Å². The molecular weight excluding hydrogens is 410 g/mol. The van der Waals surface area contributed by atoms with E-state index in [4.69, 9.17) is 25.6 Å². The number of methoxy groups -OCH3 is 2. The second kappa shape index (κ2) is 10.7. The number of aromatic nitrogens is 2. The molecule has 1 aliphatic heterocycles. The normalized spacial score (nSPS) is 16.8. The fraction of sp³-hybridized carbons (Fsp3) is 0.550. The van der Waals surface area contributed by atoms with E-state index in [1.807, 2.05) is 6.92 Å². The smallest absolute Gasteiger partial charge is 0.240 e. The molecule has 9 nitrogen and oxygen atoms in total. The number of hydrogen-bond acceptors (Lipinski definition) is 8. The molecule has 1 fully saturated rings. The lowest BCUT2D eigenvalue weighted by Crippen LogP contribution is -2.36. The minimum Gasteiger partial charge on any atom is -0.495 e. The molecule has 0 bridgehead atoms. The van der Waals surface area contributed by atoms with Gasteiger partial charge in [-0.15, -0.1) is 0 Å². The molecule has 0 spiro atoms. The van der Waals surface area contributed by atoms with Gasteiger partial charge in [0, 0.05) is 25.9 Å². The molecule has 0 aliphatic carbocycles. The van der Waals surface area contributed by atoms with Gasteiger partial charge in [-0.2, -0.15) is 4.98 Å². The van der Waals surface area contributed by atoms with Crippen LogP contribution >= 0.6 is 11.6 Å². The molecule has 164 valence electrons. The maximum atomic E-state index is 12.4. The van der Waals surface area contributed by atoms with E-state index in [-0.39, 0.29) is 12.0 Å². The maximum Gasteiger partial charge on any atom is 0.240 e. The van der Waals surface area contributed by atoms with Gasteiger partial charge < -0.3 is 19.3 Å². The average molecular weight is 438 g/mol. The summed E-state index contributed by atoms with van der Waals surface area (Å²) in [4.78, 5) is 21.2. The van der Waals surface area contributed by atoms with Crippen LogP contribution in [-0.2, 0) is 16.1 Å². The van der Waals surface area contributed by atoms with Crippen molar-refractivity contribution >= 4 is 23.2 Å². The summed E-state index contributed by atoms with van der Waals surface area (Å²) in [6.07, 6.45) is 0.762. The molecular formula is C20H28ClN5O4. The lowest BCUT2D eigenvalue weighted by Gasteiger charge is -2.20. The number of carbonyl (C=O) groups excluding carboxylic acids is 1. The molecule has 1 atom stereocenters. The zero-order valence-corrected chi connectivity index (χ0v) is 18.3. The van der Waals surface area contributed by atoms with Gasteiger partial charge in [0.05, 0.1) is 25.2 Å².